The van der Waals surface area contributed by atoms with E-state index in [1.165, 1.54) is 31.4 Å². The maximum Gasteiger partial charge on any atom is 0.282 e. The van der Waals surface area contributed by atoms with Gasteiger partial charge in [0.15, 0.2) is 0 Å². The average Bonchev–Trinajstić information content (AvgIpc) is 3.00. The third-order valence-corrected chi connectivity index (χ3v) is 5.23. The van der Waals surface area contributed by atoms with Gasteiger partial charge in [-0.05, 0) is 60.5 Å². The molecule has 0 saturated carbocycles. The molecule has 5 nitrogen and oxygen atoms in total. The van der Waals surface area contributed by atoms with Gasteiger partial charge in [-0.2, -0.15) is 0 Å². The number of amides is 2. The fraction of sp³-hybridized carbons (Fsp3) is 0.0833. The quantitative estimate of drug-likeness (QED) is 0.559. The van der Waals surface area contributed by atoms with Crippen molar-refractivity contribution in [3.05, 3.63) is 94.4 Å². The van der Waals surface area contributed by atoms with E-state index in [0.717, 1.165) is 10.5 Å². The van der Waals surface area contributed by atoms with Crippen LogP contribution >= 0.6 is 11.6 Å². The van der Waals surface area contributed by atoms with Crippen molar-refractivity contribution in [2.75, 3.05) is 17.3 Å². The summed E-state index contributed by atoms with van der Waals surface area (Å²) in [6, 6.07) is 17.4. The van der Waals surface area contributed by atoms with Crippen molar-refractivity contribution >= 4 is 40.4 Å². The molecular formula is C24H18ClFN2O3. The lowest BCUT2D eigenvalue weighted by Crippen LogP contribution is -2.32. The number of carbonyl (C=O) groups is 2. The molecule has 0 fully saturated rings. The summed E-state index contributed by atoms with van der Waals surface area (Å²) in [5.74, 6) is -1.13. The Morgan fingerprint density at radius 2 is 1.68 bits per heavy atom. The number of aryl methyl sites for hydroxylation is 1. The van der Waals surface area contributed by atoms with Gasteiger partial charge in [0, 0.05) is 10.7 Å². The normalized spacial score (nSPS) is 13.7. The molecule has 0 aliphatic carbocycles. The zero-order valence-electron chi connectivity index (χ0n) is 16.8. The van der Waals surface area contributed by atoms with E-state index in [-0.39, 0.29) is 11.3 Å². The van der Waals surface area contributed by atoms with E-state index < -0.39 is 17.6 Å². The second-order valence-electron chi connectivity index (χ2n) is 6.96. The molecule has 2 amide bonds. The van der Waals surface area contributed by atoms with E-state index in [0.29, 0.717) is 27.7 Å². The Morgan fingerprint density at radius 1 is 0.968 bits per heavy atom. The largest absolute Gasteiger partial charge is 0.495 e. The number of carbonyl (C=O) groups excluding carboxylic acids is 2. The molecule has 0 bridgehead atoms. The summed E-state index contributed by atoms with van der Waals surface area (Å²) >= 11 is 6.04. The highest BCUT2D eigenvalue weighted by atomic mass is 35.5. The van der Waals surface area contributed by atoms with Gasteiger partial charge in [-0.3, -0.25) is 9.59 Å². The molecule has 0 saturated heterocycles. The number of anilines is 2. The highest BCUT2D eigenvalue weighted by Gasteiger charge is 2.41. The minimum absolute atomic E-state index is 0.0907. The monoisotopic (exact) mass is 436 g/mol. The standard InChI is InChI=1S/C24H18ClFN2O3/c1-14-13-16(25)9-12-18(14)27-22-21(15-7-10-17(26)11-8-15)23(29)28(24(22)30)19-5-3-4-6-20(19)31-2/h3-13,27H,1-2H3. The predicted octanol–water partition coefficient (Wildman–Crippen LogP) is 5.19. The van der Waals surface area contributed by atoms with Gasteiger partial charge in [-0.25, -0.2) is 9.29 Å². The Bertz CT molecular complexity index is 1220. The molecule has 1 aliphatic rings. The maximum absolute atomic E-state index is 13.5. The second kappa shape index (κ2) is 8.24. The minimum atomic E-state index is -0.539. The first-order valence-electron chi connectivity index (χ1n) is 9.46. The molecule has 0 unspecified atom stereocenters. The van der Waals surface area contributed by atoms with E-state index in [1.54, 1.807) is 42.5 Å². The number of hydrogen-bond donors (Lipinski definition) is 1. The Balaban J connectivity index is 1.86. The molecule has 31 heavy (non-hydrogen) atoms. The third-order valence-electron chi connectivity index (χ3n) is 4.99. The molecule has 0 radical (unpaired) electrons. The predicted molar refractivity (Wildman–Crippen MR) is 119 cm³/mol. The number of hydrogen-bond acceptors (Lipinski definition) is 4. The zero-order chi connectivity index (χ0) is 22.1. The SMILES string of the molecule is COc1ccccc1N1C(=O)C(Nc2ccc(Cl)cc2C)=C(c2ccc(F)cc2)C1=O. The number of benzene rings is 3. The number of ether oxygens (including phenoxy) is 1. The van der Waals surface area contributed by atoms with Crippen LogP contribution in [0.4, 0.5) is 15.8 Å². The Labute approximate surface area is 183 Å². The highest BCUT2D eigenvalue weighted by Crippen LogP contribution is 2.38. The van der Waals surface area contributed by atoms with Crippen LogP contribution in [0.5, 0.6) is 5.75 Å². The molecule has 1 N–H and O–H groups in total. The molecule has 4 rings (SSSR count). The smallest absolute Gasteiger partial charge is 0.282 e. The number of imide groups is 1. The first kappa shape index (κ1) is 20.6. The molecule has 0 atom stereocenters. The van der Waals surface area contributed by atoms with Crippen LogP contribution in [0, 0.1) is 12.7 Å². The summed E-state index contributed by atoms with van der Waals surface area (Å²) in [6.45, 7) is 1.84. The van der Waals surface area contributed by atoms with Gasteiger partial charge in [0.1, 0.15) is 17.3 Å². The zero-order valence-corrected chi connectivity index (χ0v) is 17.5. The number of methoxy groups -OCH3 is 1. The van der Waals surface area contributed by atoms with E-state index in [2.05, 4.69) is 5.32 Å². The summed E-state index contributed by atoms with van der Waals surface area (Å²) in [4.78, 5) is 28.0. The fourth-order valence-electron chi connectivity index (χ4n) is 3.47. The Morgan fingerprint density at radius 3 is 2.35 bits per heavy atom. The van der Waals surface area contributed by atoms with Gasteiger partial charge >= 0.3 is 0 Å². The van der Waals surface area contributed by atoms with Crippen LogP contribution in [0.2, 0.25) is 5.02 Å². The summed E-state index contributed by atoms with van der Waals surface area (Å²) in [5, 5.41) is 3.65. The number of halogens is 2. The van der Waals surface area contributed by atoms with Gasteiger partial charge in [-0.15, -0.1) is 0 Å². The molecular weight excluding hydrogens is 419 g/mol. The topological polar surface area (TPSA) is 58.6 Å². The molecule has 7 heteroatoms. The molecule has 3 aromatic rings. The van der Waals surface area contributed by atoms with Crippen molar-refractivity contribution in [3.63, 3.8) is 0 Å². The lowest BCUT2D eigenvalue weighted by Gasteiger charge is -2.18. The van der Waals surface area contributed by atoms with Gasteiger partial charge < -0.3 is 10.1 Å². The van der Waals surface area contributed by atoms with Crippen LogP contribution < -0.4 is 15.0 Å². The van der Waals surface area contributed by atoms with Crippen LogP contribution in [0.3, 0.4) is 0 Å². The second-order valence-corrected chi connectivity index (χ2v) is 7.40. The summed E-state index contributed by atoms with van der Waals surface area (Å²) < 4.78 is 18.8. The van der Waals surface area contributed by atoms with Crippen LogP contribution in [-0.4, -0.2) is 18.9 Å². The van der Waals surface area contributed by atoms with E-state index in [1.807, 2.05) is 6.92 Å². The first-order chi connectivity index (χ1) is 14.9. The summed E-state index contributed by atoms with van der Waals surface area (Å²) in [5.41, 5.74) is 2.41. The maximum atomic E-state index is 13.5. The van der Waals surface area contributed by atoms with Crippen LogP contribution in [-0.2, 0) is 9.59 Å². The van der Waals surface area contributed by atoms with Crippen LogP contribution in [0.1, 0.15) is 11.1 Å². The lowest BCUT2D eigenvalue weighted by atomic mass is 10.0. The number of rotatable bonds is 5. The fourth-order valence-corrected chi connectivity index (χ4v) is 3.69. The summed E-state index contributed by atoms with van der Waals surface area (Å²) in [7, 11) is 1.47. The highest BCUT2D eigenvalue weighted by molar-refractivity contribution is 6.46. The Hall–Kier alpha value is -3.64. The van der Waals surface area contributed by atoms with Crippen molar-refractivity contribution in [3.8, 4) is 5.75 Å². The molecule has 0 aromatic heterocycles. The van der Waals surface area contributed by atoms with Gasteiger partial charge in [-0.1, -0.05) is 35.9 Å². The van der Waals surface area contributed by atoms with Crippen LogP contribution in [0.15, 0.2) is 72.4 Å². The number of nitrogens with zero attached hydrogens (tertiary/aromatic N) is 1. The van der Waals surface area contributed by atoms with Gasteiger partial charge in [0.25, 0.3) is 11.8 Å². The van der Waals surface area contributed by atoms with Crippen molar-refractivity contribution in [1.29, 1.82) is 0 Å². The summed E-state index contributed by atoms with van der Waals surface area (Å²) in [6.07, 6.45) is 0. The molecule has 0 spiro atoms. The van der Waals surface area contributed by atoms with Crippen molar-refractivity contribution in [1.82, 2.24) is 0 Å². The van der Waals surface area contributed by atoms with Crippen LogP contribution in [0.25, 0.3) is 5.57 Å². The van der Waals surface area contributed by atoms with Crippen molar-refractivity contribution in [2.24, 2.45) is 0 Å². The molecule has 3 aromatic carbocycles. The third kappa shape index (κ3) is 3.78. The number of para-hydroxylation sites is 2. The van der Waals surface area contributed by atoms with E-state index >= 15 is 0 Å². The lowest BCUT2D eigenvalue weighted by molar-refractivity contribution is -0.120. The van der Waals surface area contributed by atoms with Crippen molar-refractivity contribution in [2.45, 2.75) is 6.92 Å². The van der Waals surface area contributed by atoms with Gasteiger partial charge in [0.2, 0.25) is 0 Å². The molecule has 1 aliphatic heterocycles. The van der Waals surface area contributed by atoms with E-state index in [4.69, 9.17) is 16.3 Å². The Kier molecular flexibility index (Phi) is 5.48. The number of nitrogens with one attached hydrogen (secondary N) is 1. The molecule has 156 valence electrons. The minimum Gasteiger partial charge on any atom is -0.495 e. The average molecular weight is 437 g/mol. The first-order valence-corrected chi connectivity index (χ1v) is 9.83. The van der Waals surface area contributed by atoms with Crippen molar-refractivity contribution < 1.29 is 18.7 Å². The van der Waals surface area contributed by atoms with E-state index in [9.17, 15) is 14.0 Å². The molecule has 1 heterocycles. The van der Waals surface area contributed by atoms with Gasteiger partial charge in [0.05, 0.1) is 18.4 Å².